The zero-order valence-corrected chi connectivity index (χ0v) is 11.9. The zero-order valence-electron chi connectivity index (χ0n) is 11.1. The lowest BCUT2D eigenvalue weighted by Crippen LogP contribution is -2.58. The van der Waals surface area contributed by atoms with Crippen LogP contribution in [0.25, 0.3) is 10.1 Å². The fourth-order valence-electron chi connectivity index (χ4n) is 1.99. The Labute approximate surface area is 125 Å². The van der Waals surface area contributed by atoms with Crippen LogP contribution in [-0.2, 0) is 4.74 Å². The number of ether oxygens (including phenoxy) is 1. The maximum absolute atomic E-state index is 9.12. The molecule has 0 bridgehead atoms. The third kappa shape index (κ3) is 3.78. The molecule has 1 unspecified atom stereocenters. The fraction of sp³-hybridized carbons (Fsp3) is 0.429. The van der Waals surface area contributed by atoms with Gasteiger partial charge in [-0.05, 0) is 22.9 Å². The van der Waals surface area contributed by atoms with Gasteiger partial charge in [-0.15, -0.1) is 11.3 Å². The average Bonchev–Trinajstić information content (AvgIpc) is 2.98. The Morgan fingerprint density at radius 1 is 0.952 bits per heavy atom. The molecule has 1 aliphatic rings. The van der Waals surface area contributed by atoms with Gasteiger partial charge in [0.15, 0.2) is 6.29 Å². The molecule has 0 saturated carbocycles. The summed E-state index contributed by atoms with van der Waals surface area (Å²) in [4.78, 5) is 0. The summed E-state index contributed by atoms with van der Waals surface area (Å²) in [6.45, 7) is -0.526. The number of rotatable bonds is 1. The average molecular weight is 314 g/mol. The summed E-state index contributed by atoms with van der Waals surface area (Å²) in [5, 5.41) is 48.1. The predicted molar refractivity (Wildman–Crippen MR) is 77.8 cm³/mol. The summed E-state index contributed by atoms with van der Waals surface area (Å²) in [7, 11) is 0. The number of hydrogen-bond donors (Lipinski definition) is 5. The first-order valence-electron chi connectivity index (χ1n) is 6.45. The van der Waals surface area contributed by atoms with E-state index in [1.165, 1.54) is 10.1 Å². The van der Waals surface area contributed by atoms with Gasteiger partial charge in [-0.3, -0.25) is 0 Å². The lowest BCUT2D eigenvalue weighted by atomic mass is 10.00. The van der Waals surface area contributed by atoms with Crippen LogP contribution in [0.4, 0.5) is 0 Å². The molecule has 3 rings (SSSR count). The fourth-order valence-corrected chi connectivity index (χ4v) is 2.78. The Kier molecular flexibility index (Phi) is 5.65. The van der Waals surface area contributed by atoms with Gasteiger partial charge >= 0.3 is 0 Å². The third-order valence-electron chi connectivity index (χ3n) is 3.23. The van der Waals surface area contributed by atoms with Crippen LogP contribution in [0.5, 0.6) is 0 Å². The highest BCUT2D eigenvalue weighted by Gasteiger charge is 2.42. The monoisotopic (exact) mass is 314 g/mol. The van der Waals surface area contributed by atoms with Crippen molar-refractivity contribution in [1.82, 2.24) is 0 Å². The maximum atomic E-state index is 9.12. The third-order valence-corrected chi connectivity index (χ3v) is 4.13. The Hall–Kier alpha value is -1.06. The summed E-state index contributed by atoms with van der Waals surface area (Å²) >= 11 is 1.79. The topological polar surface area (TPSA) is 110 Å². The number of benzene rings is 1. The van der Waals surface area contributed by atoms with E-state index in [9.17, 15) is 0 Å². The van der Waals surface area contributed by atoms with Gasteiger partial charge in [-0.1, -0.05) is 18.2 Å². The molecule has 0 spiro atoms. The highest BCUT2D eigenvalue weighted by atomic mass is 32.1. The Bertz CT molecular complexity index is 524. The van der Waals surface area contributed by atoms with Crippen molar-refractivity contribution >= 4 is 21.4 Å². The number of hydrogen-bond acceptors (Lipinski definition) is 7. The van der Waals surface area contributed by atoms with Gasteiger partial charge in [0.05, 0.1) is 6.61 Å². The van der Waals surface area contributed by atoms with Gasteiger partial charge < -0.3 is 30.3 Å². The SMILES string of the molecule is OC[C@H]1OC(O)[C@H](O)[C@@H](O)[C@@H]1O.c1ccc2sccc2c1. The largest absolute Gasteiger partial charge is 0.394 e. The standard InChI is InChI=1S/C8H6S.C6H12O6/c1-2-4-8-7(3-1)5-6-9-8;7-1-2-3(8)4(9)5(10)6(11)12-2/h1-6H;2-11H,1H2/t;2-,3-,4+,5-,6?/m.1/s1. The molecule has 0 aliphatic carbocycles. The van der Waals surface area contributed by atoms with E-state index in [0.717, 1.165) is 0 Å². The van der Waals surface area contributed by atoms with E-state index in [2.05, 4.69) is 40.4 Å². The summed E-state index contributed by atoms with van der Waals surface area (Å²) in [5.74, 6) is 0. The molecule has 6 nitrogen and oxygen atoms in total. The van der Waals surface area contributed by atoms with Crippen molar-refractivity contribution in [2.24, 2.45) is 0 Å². The Morgan fingerprint density at radius 3 is 2.33 bits per heavy atom. The Morgan fingerprint density at radius 2 is 1.67 bits per heavy atom. The molecule has 1 fully saturated rings. The first-order valence-corrected chi connectivity index (χ1v) is 7.33. The summed E-state index contributed by atoms with van der Waals surface area (Å²) in [5.41, 5.74) is 0. The molecule has 2 heterocycles. The number of thiophene rings is 1. The molecule has 1 aromatic heterocycles. The second kappa shape index (κ2) is 7.28. The maximum Gasteiger partial charge on any atom is 0.184 e. The second-order valence-electron chi connectivity index (χ2n) is 4.68. The number of aliphatic hydroxyl groups is 5. The van der Waals surface area contributed by atoms with Crippen LogP contribution >= 0.6 is 11.3 Å². The van der Waals surface area contributed by atoms with E-state index >= 15 is 0 Å². The van der Waals surface area contributed by atoms with E-state index in [0.29, 0.717) is 0 Å². The summed E-state index contributed by atoms with van der Waals surface area (Å²) < 4.78 is 5.95. The van der Waals surface area contributed by atoms with Gasteiger partial charge in [0.2, 0.25) is 0 Å². The molecule has 21 heavy (non-hydrogen) atoms. The van der Waals surface area contributed by atoms with Crippen LogP contribution in [0.2, 0.25) is 0 Å². The molecule has 1 aliphatic heterocycles. The molecule has 2 aromatic rings. The van der Waals surface area contributed by atoms with Gasteiger partial charge in [0.25, 0.3) is 0 Å². The minimum atomic E-state index is -1.57. The van der Waals surface area contributed by atoms with Crippen LogP contribution in [-0.4, -0.2) is 62.8 Å². The summed E-state index contributed by atoms with van der Waals surface area (Å²) in [6, 6.07) is 10.5. The first-order chi connectivity index (χ1) is 10.0. The molecule has 0 radical (unpaired) electrons. The van der Waals surface area contributed by atoms with E-state index in [4.69, 9.17) is 25.5 Å². The quantitative estimate of drug-likeness (QED) is 0.493. The zero-order chi connectivity index (χ0) is 15.4. The van der Waals surface area contributed by atoms with Crippen molar-refractivity contribution in [2.75, 3.05) is 6.61 Å². The van der Waals surface area contributed by atoms with Crippen LogP contribution in [0.15, 0.2) is 35.7 Å². The minimum Gasteiger partial charge on any atom is -0.394 e. The molecular weight excluding hydrogens is 296 g/mol. The van der Waals surface area contributed by atoms with E-state index in [-0.39, 0.29) is 0 Å². The van der Waals surface area contributed by atoms with Gasteiger partial charge in [-0.25, -0.2) is 0 Å². The molecule has 116 valence electrons. The normalized spacial score (nSPS) is 32.5. The van der Waals surface area contributed by atoms with Crippen LogP contribution in [0.1, 0.15) is 0 Å². The smallest absolute Gasteiger partial charge is 0.184 e. The molecular formula is C14H18O6S. The van der Waals surface area contributed by atoms with Gasteiger partial charge in [0, 0.05) is 4.70 Å². The van der Waals surface area contributed by atoms with Gasteiger partial charge in [0.1, 0.15) is 24.4 Å². The van der Waals surface area contributed by atoms with Crippen molar-refractivity contribution < 1.29 is 30.3 Å². The highest BCUT2D eigenvalue weighted by Crippen LogP contribution is 2.19. The molecule has 7 heteroatoms. The van der Waals surface area contributed by atoms with Crippen molar-refractivity contribution in [3.05, 3.63) is 35.7 Å². The molecule has 5 N–H and O–H groups in total. The van der Waals surface area contributed by atoms with Crippen molar-refractivity contribution in [1.29, 1.82) is 0 Å². The Balaban J connectivity index is 0.000000159. The molecule has 0 amide bonds. The lowest BCUT2D eigenvalue weighted by Gasteiger charge is -2.37. The summed E-state index contributed by atoms with van der Waals surface area (Å²) in [6.07, 6.45) is -7.04. The predicted octanol–water partition coefficient (Wildman–Crippen LogP) is -0.320. The van der Waals surface area contributed by atoms with Crippen molar-refractivity contribution in [3.8, 4) is 0 Å². The van der Waals surface area contributed by atoms with Crippen LogP contribution < -0.4 is 0 Å². The van der Waals surface area contributed by atoms with Crippen LogP contribution in [0.3, 0.4) is 0 Å². The minimum absolute atomic E-state index is 0.526. The van der Waals surface area contributed by atoms with E-state index in [1.54, 1.807) is 11.3 Å². The molecule has 1 aromatic carbocycles. The van der Waals surface area contributed by atoms with E-state index < -0.39 is 37.3 Å². The van der Waals surface area contributed by atoms with Gasteiger partial charge in [-0.2, -0.15) is 0 Å². The number of fused-ring (bicyclic) bond motifs is 1. The second-order valence-corrected chi connectivity index (χ2v) is 5.63. The highest BCUT2D eigenvalue weighted by molar-refractivity contribution is 7.17. The molecule has 5 atom stereocenters. The van der Waals surface area contributed by atoms with Crippen LogP contribution in [0, 0.1) is 0 Å². The molecule has 1 saturated heterocycles. The van der Waals surface area contributed by atoms with Crippen molar-refractivity contribution in [2.45, 2.75) is 30.7 Å². The lowest BCUT2D eigenvalue weighted by molar-refractivity contribution is -0.286. The first kappa shape index (κ1) is 16.3. The number of aliphatic hydroxyl groups excluding tert-OH is 5. The van der Waals surface area contributed by atoms with E-state index in [1.807, 2.05) is 0 Å². The van der Waals surface area contributed by atoms with Crippen molar-refractivity contribution in [3.63, 3.8) is 0 Å².